The molecule has 144 valence electrons. The molecule has 0 unspecified atom stereocenters. The van der Waals surface area contributed by atoms with E-state index in [9.17, 15) is 9.59 Å². The molecule has 26 heavy (non-hydrogen) atoms. The van der Waals surface area contributed by atoms with Crippen LogP contribution in [0.4, 0.5) is 4.79 Å². The first kappa shape index (κ1) is 20.2. The van der Waals surface area contributed by atoms with E-state index < -0.39 is 0 Å². The number of urea groups is 1. The van der Waals surface area contributed by atoms with Crippen molar-refractivity contribution in [3.8, 4) is 0 Å². The number of likely N-dealkylation sites (N-methyl/N-ethyl adjacent to an activating group) is 1. The molecule has 2 rings (SSSR count). The highest BCUT2D eigenvalue weighted by Gasteiger charge is 2.18. The Balaban J connectivity index is 1.85. The zero-order chi connectivity index (χ0) is 19.2. The van der Waals surface area contributed by atoms with Crippen molar-refractivity contribution in [3.63, 3.8) is 0 Å². The molecule has 1 aliphatic heterocycles. The number of carbonyl (C=O) groups excluding carboxylic acids is 2. The second-order valence-electron chi connectivity index (χ2n) is 8.06. The van der Waals surface area contributed by atoms with Crippen LogP contribution in [-0.2, 0) is 17.9 Å². The molecule has 1 heterocycles. The van der Waals surface area contributed by atoms with Gasteiger partial charge in [0.05, 0.1) is 0 Å². The Kier molecular flexibility index (Phi) is 7.03. The molecule has 0 saturated carbocycles. The second kappa shape index (κ2) is 9.03. The highest BCUT2D eigenvalue weighted by Crippen LogP contribution is 2.16. The van der Waals surface area contributed by atoms with Gasteiger partial charge in [-0.3, -0.25) is 9.69 Å². The van der Waals surface area contributed by atoms with Crippen molar-refractivity contribution in [3.05, 3.63) is 35.4 Å². The fraction of sp³-hybridized carbons (Fsp3) is 0.600. The van der Waals surface area contributed by atoms with Gasteiger partial charge in [0.25, 0.3) is 0 Å². The molecule has 6 heteroatoms. The van der Waals surface area contributed by atoms with Crippen molar-refractivity contribution in [1.29, 1.82) is 0 Å². The molecular weight excluding hydrogens is 328 g/mol. The van der Waals surface area contributed by atoms with Gasteiger partial charge in [-0.25, -0.2) is 4.79 Å². The van der Waals surface area contributed by atoms with Crippen molar-refractivity contribution >= 4 is 11.9 Å². The van der Waals surface area contributed by atoms with Crippen LogP contribution < -0.4 is 10.6 Å². The number of benzene rings is 1. The summed E-state index contributed by atoms with van der Waals surface area (Å²) in [5.41, 5.74) is 2.08. The van der Waals surface area contributed by atoms with Crippen LogP contribution in [0.1, 0.15) is 44.7 Å². The number of carbonyl (C=O) groups is 2. The predicted octanol–water partition coefficient (Wildman–Crippen LogP) is 2.34. The van der Waals surface area contributed by atoms with Gasteiger partial charge < -0.3 is 15.5 Å². The van der Waals surface area contributed by atoms with Crippen LogP contribution >= 0.6 is 0 Å². The van der Waals surface area contributed by atoms with Gasteiger partial charge in [0.2, 0.25) is 5.91 Å². The maximum Gasteiger partial charge on any atom is 0.317 e. The molecule has 0 spiro atoms. The third kappa shape index (κ3) is 6.67. The fourth-order valence-electron chi connectivity index (χ4n) is 3.12. The summed E-state index contributed by atoms with van der Waals surface area (Å²) in [5.74, 6) is -0.162. The molecule has 3 amide bonds. The van der Waals surface area contributed by atoms with Crippen molar-refractivity contribution in [1.82, 2.24) is 20.4 Å². The summed E-state index contributed by atoms with van der Waals surface area (Å²) in [6.07, 6.45) is 2.53. The molecule has 0 aromatic heterocycles. The Morgan fingerprint density at radius 2 is 1.73 bits per heavy atom. The highest BCUT2D eigenvalue weighted by atomic mass is 16.2. The third-order valence-corrected chi connectivity index (χ3v) is 4.38. The lowest BCUT2D eigenvalue weighted by Crippen LogP contribution is -2.48. The van der Waals surface area contributed by atoms with Crippen molar-refractivity contribution in [2.75, 3.05) is 26.7 Å². The van der Waals surface area contributed by atoms with E-state index in [1.165, 1.54) is 23.3 Å². The first-order valence-corrected chi connectivity index (χ1v) is 9.34. The summed E-state index contributed by atoms with van der Waals surface area (Å²) >= 11 is 0. The smallest absolute Gasteiger partial charge is 0.317 e. The monoisotopic (exact) mass is 360 g/mol. The number of hydrogen-bond acceptors (Lipinski definition) is 3. The molecule has 2 N–H and O–H groups in total. The molecule has 1 aromatic rings. The Bertz CT molecular complexity index is 618. The molecule has 0 bridgehead atoms. The minimum Gasteiger partial charge on any atom is -0.350 e. The third-order valence-electron chi connectivity index (χ3n) is 4.38. The number of likely N-dealkylation sites (tertiary alicyclic amines) is 1. The first-order valence-electron chi connectivity index (χ1n) is 9.34. The SMILES string of the molecule is CN(CC(=O)NC(C)(C)C)C(=O)NCc1ccccc1CN1CCCC1. The quantitative estimate of drug-likeness (QED) is 0.818. The number of rotatable bonds is 6. The van der Waals surface area contributed by atoms with E-state index in [1.807, 2.05) is 32.9 Å². The minimum absolute atomic E-state index is 0.0402. The predicted molar refractivity (Wildman–Crippen MR) is 104 cm³/mol. The van der Waals surface area contributed by atoms with Crippen LogP contribution in [-0.4, -0.2) is 54.0 Å². The van der Waals surface area contributed by atoms with Crippen molar-refractivity contribution < 1.29 is 9.59 Å². The second-order valence-corrected chi connectivity index (χ2v) is 8.06. The van der Waals surface area contributed by atoms with E-state index in [2.05, 4.69) is 27.7 Å². The average Bonchev–Trinajstić information content (AvgIpc) is 3.04. The summed E-state index contributed by atoms with van der Waals surface area (Å²) in [6, 6.07) is 7.97. The van der Waals surface area contributed by atoms with Crippen LogP contribution in [0.15, 0.2) is 24.3 Å². The summed E-state index contributed by atoms with van der Waals surface area (Å²) < 4.78 is 0. The van der Waals surface area contributed by atoms with Gasteiger partial charge >= 0.3 is 6.03 Å². The van der Waals surface area contributed by atoms with Crippen LogP contribution in [0.2, 0.25) is 0 Å². The standard InChI is InChI=1S/C20H32N4O2/c1-20(2,3)22-18(25)15-23(4)19(26)21-13-16-9-5-6-10-17(16)14-24-11-7-8-12-24/h5-6,9-10H,7-8,11-15H2,1-4H3,(H,21,26)(H,22,25). The molecule has 1 aliphatic rings. The minimum atomic E-state index is -0.303. The molecule has 0 aliphatic carbocycles. The van der Waals surface area contributed by atoms with E-state index in [0.29, 0.717) is 6.54 Å². The van der Waals surface area contributed by atoms with E-state index in [4.69, 9.17) is 0 Å². The zero-order valence-electron chi connectivity index (χ0n) is 16.5. The lowest BCUT2D eigenvalue weighted by molar-refractivity contribution is -0.122. The molecule has 1 fully saturated rings. The maximum atomic E-state index is 12.3. The molecule has 0 atom stereocenters. The van der Waals surface area contributed by atoms with Gasteiger partial charge in [-0.05, 0) is 57.8 Å². The van der Waals surface area contributed by atoms with Gasteiger partial charge in [-0.1, -0.05) is 24.3 Å². The normalized spacial score (nSPS) is 14.9. The molecule has 6 nitrogen and oxygen atoms in total. The Hall–Kier alpha value is -2.08. The number of nitrogens with one attached hydrogen (secondary N) is 2. The molecular formula is C20H32N4O2. The number of nitrogens with zero attached hydrogens (tertiary/aromatic N) is 2. The Morgan fingerprint density at radius 1 is 1.12 bits per heavy atom. The van der Waals surface area contributed by atoms with Gasteiger partial charge in [0.1, 0.15) is 6.54 Å². The fourth-order valence-corrected chi connectivity index (χ4v) is 3.12. The average molecular weight is 361 g/mol. The van der Waals surface area contributed by atoms with Gasteiger partial charge in [-0.15, -0.1) is 0 Å². The topological polar surface area (TPSA) is 64.7 Å². The molecule has 0 radical (unpaired) electrons. The summed E-state index contributed by atoms with van der Waals surface area (Å²) in [4.78, 5) is 28.1. The van der Waals surface area contributed by atoms with E-state index in [1.54, 1.807) is 7.05 Å². The largest absolute Gasteiger partial charge is 0.350 e. The lowest BCUT2D eigenvalue weighted by atomic mass is 10.1. The Labute approximate surface area is 156 Å². The van der Waals surface area contributed by atoms with Crippen LogP contribution in [0.25, 0.3) is 0 Å². The highest BCUT2D eigenvalue weighted by molar-refractivity contribution is 5.84. The Morgan fingerprint density at radius 3 is 2.35 bits per heavy atom. The van der Waals surface area contributed by atoms with Crippen molar-refractivity contribution in [2.45, 2.75) is 52.2 Å². The van der Waals surface area contributed by atoms with Gasteiger partial charge in [-0.2, -0.15) is 0 Å². The first-order chi connectivity index (χ1) is 12.2. The van der Waals surface area contributed by atoms with E-state index >= 15 is 0 Å². The van der Waals surface area contributed by atoms with E-state index in [0.717, 1.165) is 25.2 Å². The summed E-state index contributed by atoms with van der Waals surface area (Å²) in [5, 5.41) is 5.78. The van der Waals surface area contributed by atoms with E-state index in [-0.39, 0.29) is 24.0 Å². The maximum absolute atomic E-state index is 12.3. The van der Waals surface area contributed by atoms with Gasteiger partial charge in [0, 0.05) is 25.7 Å². The van der Waals surface area contributed by atoms with Gasteiger partial charge in [0.15, 0.2) is 0 Å². The summed E-state index contributed by atoms with van der Waals surface area (Å²) in [7, 11) is 1.63. The number of amides is 3. The number of hydrogen-bond donors (Lipinski definition) is 2. The van der Waals surface area contributed by atoms with Crippen LogP contribution in [0, 0.1) is 0 Å². The van der Waals surface area contributed by atoms with Crippen LogP contribution in [0.3, 0.4) is 0 Å². The van der Waals surface area contributed by atoms with Crippen LogP contribution in [0.5, 0.6) is 0 Å². The van der Waals surface area contributed by atoms with Crippen molar-refractivity contribution in [2.24, 2.45) is 0 Å². The zero-order valence-corrected chi connectivity index (χ0v) is 16.5. The lowest BCUT2D eigenvalue weighted by Gasteiger charge is -2.24. The summed E-state index contributed by atoms with van der Waals surface area (Å²) in [6.45, 7) is 9.48. The molecule has 1 saturated heterocycles. The molecule has 1 aromatic carbocycles.